The maximum atomic E-state index is 4.27. The van der Waals surface area contributed by atoms with E-state index in [0.29, 0.717) is 0 Å². The summed E-state index contributed by atoms with van der Waals surface area (Å²) >= 11 is 0. The molecule has 0 aliphatic heterocycles. The molecule has 0 radical (unpaired) electrons. The van der Waals surface area contributed by atoms with Crippen molar-refractivity contribution in [3.63, 3.8) is 0 Å². The number of hydrogen-bond acceptors (Lipinski definition) is 1. The van der Waals surface area contributed by atoms with Gasteiger partial charge in [0.15, 0.2) is 0 Å². The minimum Gasteiger partial charge on any atom is -1.00 e. The molecule has 0 saturated carbocycles. The fourth-order valence-electron chi connectivity index (χ4n) is 1.31. The van der Waals surface area contributed by atoms with Gasteiger partial charge in [0, 0.05) is 18.3 Å². The zero-order valence-electron chi connectivity index (χ0n) is 9.85. The molecule has 0 unspecified atom stereocenters. The van der Waals surface area contributed by atoms with E-state index in [1.165, 1.54) is 5.56 Å². The van der Waals surface area contributed by atoms with Crippen molar-refractivity contribution in [3.05, 3.63) is 66.0 Å². The average Bonchev–Trinajstić information content (AvgIpc) is 2.21. The first-order chi connectivity index (χ1) is 6.45. The summed E-state index contributed by atoms with van der Waals surface area (Å²) in [7, 11) is 0. The van der Waals surface area contributed by atoms with E-state index in [1.807, 2.05) is 30.5 Å². The van der Waals surface area contributed by atoms with E-state index in [-0.39, 0.29) is 44.5 Å². The Balaban J connectivity index is 0. The van der Waals surface area contributed by atoms with E-state index in [9.17, 15) is 0 Å². The normalized spacial score (nSPS) is 8.53. The van der Waals surface area contributed by atoms with Crippen molar-refractivity contribution in [2.75, 3.05) is 0 Å². The van der Waals surface area contributed by atoms with Crippen LogP contribution in [-0.4, -0.2) is 4.98 Å². The molecule has 0 aliphatic carbocycles. The van der Waals surface area contributed by atoms with Crippen LogP contribution in [0.4, 0.5) is 0 Å². The monoisotopic (exact) mass is 227 g/mol. The number of pyridine rings is 1. The van der Waals surface area contributed by atoms with Gasteiger partial charge in [-0.2, -0.15) is 13.5 Å². The Bertz CT molecular complexity index is 332. The summed E-state index contributed by atoms with van der Waals surface area (Å²) in [6.07, 6.45) is 2.75. The van der Waals surface area contributed by atoms with Crippen molar-refractivity contribution >= 4 is 13.5 Å². The predicted molar refractivity (Wildman–Crippen MR) is 65.0 cm³/mol. The third-order valence-corrected chi connectivity index (χ3v) is 1.95. The smallest absolute Gasteiger partial charge is 1.00 e. The van der Waals surface area contributed by atoms with Gasteiger partial charge in [0.1, 0.15) is 0 Å². The summed E-state index contributed by atoms with van der Waals surface area (Å²) in [5, 5.41) is 0. The van der Waals surface area contributed by atoms with E-state index in [1.54, 1.807) is 0 Å². The maximum Gasteiger partial charge on any atom is 1.00 e. The first kappa shape index (κ1) is 14.7. The van der Waals surface area contributed by atoms with Crippen LogP contribution >= 0.6 is 13.5 Å². The largest absolute Gasteiger partial charge is 1.00 e. The Kier molecular flexibility index (Phi) is 7.79. The summed E-state index contributed by atoms with van der Waals surface area (Å²) in [5.74, 6) is 0. The van der Waals surface area contributed by atoms with Gasteiger partial charge in [0.2, 0.25) is 0 Å². The van der Waals surface area contributed by atoms with Crippen LogP contribution in [0.3, 0.4) is 0 Å². The van der Waals surface area contributed by atoms with Gasteiger partial charge in [0.05, 0.1) is 0 Å². The maximum absolute atomic E-state index is 4.27. The van der Waals surface area contributed by atoms with Gasteiger partial charge < -0.3 is 1.43 Å². The Morgan fingerprint density at radius 2 is 1.60 bits per heavy atom. The molecule has 1 heterocycles. The average molecular weight is 227 g/mol. The quantitative estimate of drug-likeness (QED) is 0.653. The summed E-state index contributed by atoms with van der Waals surface area (Å²) in [6, 6.07) is 16.4. The van der Waals surface area contributed by atoms with Gasteiger partial charge in [-0.15, -0.1) is 0 Å². The molecule has 1 aromatic carbocycles. The second-order valence-electron chi connectivity index (χ2n) is 2.98. The fourth-order valence-corrected chi connectivity index (χ4v) is 1.31. The van der Waals surface area contributed by atoms with E-state index < -0.39 is 0 Å². The number of benzene rings is 1. The summed E-state index contributed by atoms with van der Waals surface area (Å²) in [4.78, 5) is 4.27. The third-order valence-electron chi connectivity index (χ3n) is 1.95. The molecule has 1 aromatic heterocycles. The number of rotatable bonds is 2. The second kappa shape index (κ2) is 7.94. The molecule has 15 heavy (non-hydrogen) atoms. The van der Waals surface area contributed by atoms with Gasteiger partial charge in [-0.25, -0.2) is 0 Å². The first-order valence-corrected chi connectivity index (χ1v) is 4.39. The van der Waals surface area contributed by atoms with Crippen LogP contribution < -0.4 is 29.6 Å². The van der Waals surface area contributed by atoms with Crippen LogP contribution in [0.25, 0.3) is 0 Å². The molecule has 2 aromatic rings. The van der Waals surface area contributed by atoms with Crippen molar-refractivity contribution in [1.29, 1.82) is 0 Å². The Morgan fingerprint density at radius 3 is 2.20 bits per heavy atom. The van der Waals surface area contributed by atoms with Crippen LogP contribution in [0.5, 0.6) is 0 Å². The minimum absolute atomic E-state index is 0. The van der Waals surface area contributed by atoms with Crippen molar-refractivity contribution in [2.45, 2.75) is 6.42 Å². The number of nitrogens with zero attached hydrogens (tertiary/aromatic N) is 1. The molecular weight excluding hydrogens is 213 g/mol. The van der Waals surface area contributed by atoms with E-state index in [2.05, 4.69) is 29.2 Å². The SMILES string of the molecule is S.[H-].[Na+].c1ccc(Cc2ccccn2)cc1. The topological polar surface area (TPSA) is 12.9 Å². The number of aromatic nitrogens is 1. The molecule has 2 rings (SSSR count). The molecular formula is C12H14NNaS. The van der Waals surface area contributed by atoms with Crippen LogP contribution in [0, 0.1) is 0 Å². The summed E-state index contributed by atoms with van der Waals surface area (Å²) < 4.78 is 0. The van der Waals surface area contributed by atoms with E-state index in [0.717, 1.165) is 12.1 Å². The molecule has 0 saturated heterocycles. The number of hydrogen-bond donors (Lipinski definition) is 0. The Labute approximate surface area is 121 Å². The molecule has 0 aliphatic rings. The van der Waals surface area contributed by atoms with Crippen LogP contribution in [0.2, 0.25) is 0 Å². The zero-order chi connectivity index (χ0) is 8.93. The second-order valence-corrected chi connectivity index (χ2v) is 2.98. The van der Waals surface area contributed by atoms with Crippen LogP contribution in [0.1, 0.15) is 12.7 Å². The van der Waals surface area contributed by atoms with Crippen molar-refractivity contribution in [2.24, 2.45) is 0 Å². The van der Waals surface area contributed by atoms with Gasteiger partial charge in [-0.05, 0) is 17.7 Å². The van der Waals surface area contributed by atoms with Gasteiger partial charge in [0.25, 0.3) is 0 Å². The summed E-state index contributed by atoms with van der Waals surface area (Å²) in [5.41, 5.74) is 2.43. The summed E-state index contributed by atoms with van der Waals surface area (Å²) in [6.45, 7) is 0. The van der Waals surface area contributed by atoms with Gasteiger partial charge in [-0.1, -0.05) is 36.4 Å². The van der Waals surface area contributed by atoms with Crippen LogP contribution in [0.15, 0.2) is 54.7 Å². The Hall–Kier alpha value is -0.280. The van der Waals surface area contributed by atoms with Gasteiger partial charge >= 0.3 is 29.6 Å². The molecule has 0 spiro atoms. The van der Waals surface area contributed by atoms with Crippen molar-refractivity contribution in [3.8, 4) is 0 Å². The van der Waals surface area contributed by atoms with Gasteiger partial charge in [-0.3, -0.25) is 4.98 Å². The molecule has 74 valence electrons. The van der Waals surface area contributed by atoms with Crippen LogP contribution in [-0.2, 0) is 6.42 Å². The molecule has 0 amide bonds. The first-order valence-electron chi connectivity index (χ1n) is 4.39. The third kappa shape index (κ3) is 4.85. The fraction of sp³-hybridized carbons (Fsp3) is 0.0833. The Morgan fingerprint density at radius 1 is 0.933 bits per heavy atom. The van der Waals surface area contributed by atoms with Crippen molar-refractivity contribution < 1.29 is 31.0 Å². The van der Waals surface area contributed by atoms with Crippen molar-refractivity contribution in [1.82, 2.24) is 4.98 Å². The minimum atomic E-state index is 0. The molecule has 3 heteroatoms. The molecule has 0 bridgehead atoms. The molecule has 0 atom stereocenters. The standard InChI is InChI=1S/C12H11N.Na.H2S.H/c1-2-6-11(7-3-1)10-12-8-4-5-9-13-12;;;/h1-9H,10H2;;1H2;/q;+1;;-1. The predicted octanol–water partition coefficient (Wildman–Crippen LogP) is -0.0983. The molecule has 1 nitrogen and oxygen atoms in total. The molecule has 0 N–H and O–H groups in total. The van der Waals surface area contributed by atoms with E-state index >= 15 is 0 Å². The molecule has 0 fully saturated rings. The zero-order valence-corrected chi connectivity index (χ0v) is 11.9. The van der Waals surface area contributed by atoms with E-state index in [4.69, 9.17) is 0 Å².